The van der Waals surface area contributed by atoms with E-state index in [-0.39, 0.29) is 22.3 Å². The number of aryl methyl sites for hydroxylation is 1. The molecule has 0 heterocycles. The number of nitro groups is 1. The van der Waals surface area contributed by atoms with Gasteiger partial charge in [0.05, 0.1) is 11.4 Å². The van der Waals surface area contributed by atoms with Crippen LogP contribution in [0.4, 0.5) is 43.4 Å². The van der Waals surface area contributed by atoms with Crippen LogP contribution in [0.15, 0.2) is 78.9 Å². The Bertz CT molecular complexity index is 1370. The van der Waals surface area contributed by atoms with E-state index in [1.165, 1.54) is 61.9 Å². The van der Waals surface area contributed by atoms with Crippen LogP contribution in [0, 0.1) is 17.0 Å². The summed E-state index contributed by atoms with van der Waals surface area (Å²) in [5, 5.41) is 13.9. The van der Waals surface area contributed by atoms with Crippen LogP contribution in [0.3, 0.4) is 0 Å². The van der Waals surface area contributed by atoms with E-state index >= 15 is 0 Å². The van der Waals surface area contributed by atoms with E-state index < -0.39 is 35.2 Å². The molecular formula is C28H30F6N4O7. The predicted molar refractivity (Wildman–Crippen MR) is 153 cm³/mol. The number of hydrogen-bond acceptors (Lipinski definition) is 7. The van der Waals surface area contributed by atoms with Crippen molar-refractivity contribution < 1.29 is 55.2 Å². The second-order valence-electron chi connectivity index (χ2n) is 8.40. The summed E-state index contributed by atoms with van der Waals surface area (Å²) in [5.41, 5.74) is 2.06. The van der Waals surface area contributed by atoms with Crippen molar-refractivity contribution in [1.29, 1.82) is 0 Å². The van der Waals surface area contributed by atoms with Gasteiger partial charge >= 0.3 is 12.7 Å². The number of carbonyl (C=O) groups excluding carboxylic acids is 3. The van der Waals surface area contributed by atoms with E-state index in [1.807, 2.05) is 31.2 Å². The number of nitrogens with one attached hydrogen (secondary N) is 2. The Kier molecular flexibility index (Phi) is 17.0. The molecule has 45 heavy (non-hydrogen) atoms. The lowest BCUT2D eigenvalue weighted by Crippen LogP contribution is -2.35. The monoisotopic (exact) mass is 648 g/mol. The molecule has 0 atom stereocenters. The molecular weight excluding hydrogens is 618 g/mol. The smallest absolute Gasteiger partial charge is 0.404 e. The highest BCUT2D eigenvalue weighted by atomic mass is 19.4. The molecule has 0 saturated carbocycles. The van der Waals surface area contributed by atoms with Crippen molar-refractivity contribution in [3.63, 3.8) is 0 Å². The van der Waals surface area contributed by atoms with Gasteiger partial charge in [-0.3, -0.25) is 24.5 Å². The van der Waals surface area contributed by atoms with Crippen LogP contribution in [-0.4, -0.2) is 42.4 Å². The van der Waals surface area contributed by atoms with Crippen LogP contribution in [0.2, 0.25) is 0 Å². The van der Waals surface area contributed by atoms with Crippen LogP contribution < -0.4 is 20.4 Å². The molecule has 0 bridgehead atoms. The molecule has 0 aliphatic rings. The normalized spacial score (nSPS) is 10.2. The molecule has 0 aliphatic carbocycles. The number of halogens is 6. The minimum absolute atomic E-state index is 0.0117. The van der Waals surface area contributed by atoms with Gasteiger partial charge in [-0.05, 0) is 43.3 Å². The van der Waals surface area contributed by atoms with Gasteiger partial charge in [0, 0.05) is 31.4 Å². The number of anilines is 3. The van der Waals surface area contributed by atoms with Gasteiger partial charge in [-0.1, -0.05) is 48.0 Å². The highest BCUT2D eigenvalue weighted by Gasteiger charge is 2.35. The minimum atomic E-state index is -4.89. The third-order valence-corrected chi connectivity index (χ3v) is 4.27. The Labute approximate surface area is 253 Å². The molecule has 0 aliphatic heterocycles. The Balaban J connectivity index is 0.000000615. The second kappa shape index (κ2) is 19.2. The number of benzene rings is 3. The maximum atomic E-state index is 11.9. The molecule has 2 N–H and O–H groups in total. The fraction of sp³-hybridized carbons (Fsp3) is 0.250. The quantitative estimate of drug-likeness (QED) is 0.175. The molecule has 0 radical (unpaired) electrons. The number of nitrogens with zero attached hydrogens (tertiary/aromatic N) is 2. The molecule has 0 aromatic heterocycles. The summed E-state index contributed by atoms with van der Waals surface area (Å²) in [4.78, 5) is 44.1. The number of ether oxygens (including phenoxy) is 1. The number of para-hydroxylation sites is 3. The van der Waals surface area contributed by atoms with Gasteiger partial charge in [-0.25, -0.2) is 0 Å². The topological polar surface area (TPSA) is 140 Å². The number of amides is 3. The average molecular weight is 649 g/mol. The zero-order valence-electron chi connectivity index (χ0n) is 24.5. The Morgan fingerprint density at radius 1 is 0.756 bits per heavy atom. The maximum absolute atomic E-state index is 11.9. The van der Waals surface area contributed by atoms with Crippen LogP contribution in [0.5, 0.6) is 5.75 Å². The summed E-state index contributed by atoms with van der Waals surface area (Å²) in [5.74, 6) is -1.78. The summed E-state index contributed by atoms with van der Waals surface area (Å²) in [6, 6.07) is 20.3. The van der Waals surface area contributed by atoms with Gasteiger partial charge in [-0.15, -0.1) is 26.3 Å². The van der Waals surface area contributed by atoms with Gasteiger partial charge in [0.15, 0.2) is 12.8 Å². The van der Waals surface area contributed by atoms with Crippen molar-refractivity contribution in [3.8, 4) is 5.75 Å². The van der Waals surface area contributed by atoms with E-state index in [1.54, 1.807) is 6.07 Å². The molecule has 11 nitrogen and oxygen atoms in total. The summed E-state index contributed by atoms with van der Waals surface area (Å²) >= 11 is 0. The summed E-state index contributed by atoms with van der Waals surface area (Å²) in [6.45, 7) is 5.69. The predicted octanol–water partition coefficient (Wildman–Crippen LogP) is 6.88. The fourth-order valence-corrected chi connectivity index (χ4v) is 2.78. The number of carbonyl (C=O) groups is 3. The Hall–Kier alpha value is -5.19. The first-order valence-corrected chi connectivity index (χ1v) is 12.4. The lowest BCUT2D eigenvalue weighted by Gasteiger charge is -2.20. The van der Waals surface area contributed by atoms with Crippen molar-refractivity contribution in [2.45, 2.75) is 40.4 Å². The molecule has 17 heteroatoms. The minimum Gasteiger partial charge on any atom is -0.404 e. The first-order chi connectivity index (χ1) is 20.7. The zero-order valence-corrected chi connectivity index (χ0v) is 24.5. The van der Waals surface area contributed by atoms with Crippen molar-refractivity contribution >= 4 is 34.8 Å². The van der Waals surface area contributed by atoms with Crippen molar-refractivity contribution in [2.75, 3.05) is 22.7 Å². The zero-order chi connectivity index (χ0) is 34.8. The summed E-state index contributed by atoms with van der Waals surface area (Å²) < 4.78 is 75.3. The van der Waals surface area contributed by atoms with E-state index in [4.69, 9.17) is 10.1 Å². The van der Waals surface area contributed by atoms with E-state index in [2.05, 4.69) is 20.2 Å². The SMILES string of the molecule is CC(=O)N(OC(F)(F)F)c1ccccc1.CC(=O)Nc1ccc(C)cc1.CC(=O)Nc1ccccc1OC(F)(F)F.C[N+](=O)[O-]. The second-order valence-corrected chi connectivity index (χ2v) is 8.40. The van der Waals surface area contributed by atoms with Gasteiger partial charge in [0.2, 0.25) is 17.7 Å². The molecule has 3 aromatic carbocycles. The van der Waals surface area contributed by atoms with Gasteiger partial charge in [0.1, 0.15) is 0 Å². The summed E-state index contributed by atoms with van der Waals surface area (Å²) in [6.07, 6.45) is -9.66. The number of alkyl halides is 6. The molecule has 3 aromatic rings. The third-order valence-electron chi connectivity index (χ3n) is 4.27. The molecule has 0 fully saturated rings. The number of hydroxylamine groups is 1. The van der Waals surface area contributed by atoms with Crippen LogP contribution in [-0.2, 0) is 19.2 Å². The molecule has 0 unspecified atom stereocenters. The van der Waals surface area contributed by atoms with Crippen molar-refractivity contribution in [3.05, 3.63) is 94.5 Å². The molecule has 3 amide bonds. The standard InChI is InChI=1S/2C9H8F3NO2.C9H11NO.CH3NO2/c1-7(14)13(15-9(10,11)12)8-5-3-2-4-6-8;1-6(14)13-7-4-2-3-5-8(7)15-9(10,11)12;1-7-3-5-9(6-4-7)10-8(2)11;1-2(3)4/h2-6H,1H3;2-5H,1H3,(H,13,14);3-6H,1-2H3,(H,10,11);1H3. The van der Waals surface area contributed by atoms with E-state index in [9.17, 15) is 40.7 Å². The first kappa shape index (κ1) is 39.8. The highest BCUT2D eigenvalue weighted by Crippen LogP contribution is 2.29. The largest absolute Gasteiger partial charge is 0.573 e. The maximum Gasteiger partial charge on any atom is 0.573 e. The molecule has 0 spiro atoms. The van der Waals surface area contributed by atoms with E-state index in [0.717, 1.165) is 25.7 Å². The fourth-order valence-electron chi connectivity index (χ4n) is 2.78. The van der Waals surface area contributed by atoms with Gasteiger partial charge in [-0.2, -0.15) is 9.90 Å². The van der Waals surface area contributed by atoms with Gasteiger partial charge in [0.25, 0.3) is 0 Å². The Morgan fingerprint density at radius 3 is 1.64 bits per heavy atom. The molecule has 246 valence electrons. The molecule has 3 rings (SSSR count). The van der Waals surface area contributed by atoms with Crippen LogP contribution in [0.1, 0.15) is 26.3 Å². The third kappa shape index (κ3) is 21.2. The lowest BCUT2D eigenvalue weighted by molar-refractivity contribution is -0.445. The number of hydrogen-bond donors (Lipinski definition) is 2. The van der Waals surface area contributed by atoms with Gasteiger partial charge < -0.3 is 15.4 Å². The van der Waals surface area contributed by atoms with Crippen LogP contribution in [0.25, 0.3) is 0 Å². The summed E-state index contributed by atoms with van der Waals surface area (Å²) in [7, 11) is 0.889. The molecule has 0 saturated heterocycles. The first-order valence-electron chi connectivity index (χ1n) is 12.4. The average Bonchev–Trinajstić information content (AvgIpc) is 2.89. The lowest BCUT2D eigenvalue weighted by atomic mass is 10.2. The number of rotatable bonds is 5. The highest BCUT2D eigenvalue weighted by molar-refractivity contribution is 5.90. The Morgan fingerprint density at radius 2 is 1.22 bits per heavy atom. The van der Waals surface area contributed by atoms with Crippen LogP contribution >= 0.6 is 0 Å². The van der Waals surface area contributed by atoms with Crippen molar-refractivity contribution in [2.24, 2.45) is 0 Å². The van der Waals surface area contributed by atoms with Crippen molar-refractivity contribution in [1.82, 2.24) is 0 Å². The van der Waals surface area contributed by atoms with E-state index in [0.29, 0.717) is 0 Å².